The molecule has 0 spiro atoms. The predicted octanol–water partition coefficient (Wildman–Crippen LogP) is 2.42. The van der Waals surface area contributed by atoms with E-state index in [1.54, 1.807) is 11.0 Å². The Bertz CT molecular complexity index is 523. The molecule has 1 amide bonds. The second kappa shape index (κ2) is 5.74. The van der Waals surface area contributed by atoms with Gasteiger partial charge in [-0.3, -0.25) is 9.69 Å². The molecule has 2 heterocycles. The van der Waals surface area contributed by atoms with E-state index in [1.807, 2.05) is 0 Å². The van der Waals surface area contributed by atoms with E-state index >= 15 is 0 Å². The van der Waals surface area contributed by atoms with Crippen LogP contribution >= 0.6 is 12.6 Å². The highest BCUT2D eigenvalue weighted by Gasteiger charge is 2.32. The quantitative estimate of drug-likeness (QED) is 0.804. The number of thiol groups is 1. The molecule has 0 N–H and O–H groups in total. The van der Waals surface area contributed by atoms with Crippen LogP contribution in [0.2, 0.25) is 0 Å². The van der Waals surface area contributed by atoms with Crippen molar-refractivity contribution in [3.63, 3.8) is 0 Å². The molecule has 1 atom stereocenters. The van der Waals surface area contributed by atoms with Crippen LogP contribution in [-0.2, 0) is 0 Å². The average Bonchev–Trinajstić information content (AvgIpc) is 2.48. The molecule has 0 bridgehead atoms. The Labute approximate surface area is 124 Å². The Morgan fingerprint density at radius 1 is 1.25 bits per heavy atom. The molecule has 2 aliphatic heterocycles. The van der Waals surface area contributed by atoms with Crippen LogP contribution in [0.5, 0.6) is 0 Å². The third-order valence-electron chi connectivity index (χ3n) is 4.30. The van der Waals surface area contributed by atoms with Crippen LogP contribution in [-0.4, -0.2) is 47.9 Å². The minimum Gasteiger partial charge on any atom is -0.336 e. The Morgan fingerprint density at radius 3 is 2.95 bits per heavy atom. The lowest BCUT2D eigenvalue weighted by molar-refractivity contribution is 0.0369. The smallest absolute Gasteiger partial charge is 0.256 e. The molecule has 1 aromatic rings. The number of nitrogens with zero attached hydrogens (tertiary/aromatic N) is 2. The van der Waals surface area contributed by atoms with Gasteiger partial charge in [0.15, 0.2) is 0 Å². The number of hydrogen-bond acceptors (Lipinski definition) is 3. The number of carbonyl (C=O) groups is 1. The monoisotopic (exact) mass is 294 g/mol. The number of fused-ring (bicyclic) bond motifs is 1. The van der Waals surface area contributed by atoms with Crippen molar-refractivity contribution in [1.82, 2.24) is 9.80 Å². The van der Waals surface area contributed by atoms with E-state index < -0.39 is 5.82 Å². The van der Waals surface area contributed by atoms with Crippen LogP contribution in [0.4, 0.5) is 4.39 Å². The van der Waals surface area contributed by atoms with Crippen molar-refractivity contribution in [3.8, 4) is 0 Å². The molecule has 108 valence electrons. The van der Waals surface area contributed by atoms with E-state index in [0.29, 0.717) is 17.5 Å². The number of carbonyl (C=O) groups excluding carboxylic acids is 1. The molecular weight excluding hydrogens is 275 g/mol. The fraction of sp³-hybridized carbons (Fsp3) is 0.533. The van der Waals surface area contributed by atoms with E-state index in [0.717, 1.165) is 26.1 Å². The first-order chi connectivity index (χ1) is 9.65. The van der Waals surface area contributed by atoms with Crippen molar-refractivity contribution >= 4 is 18.5 Å². The summed E-state index contributed by atoms with van der Waals surface area (Å²) in [7, 11) is 0. The topological polar surface area (TPSA) is 23.6 Å². The van der Waals surface area contributed by atoms with E-state index in [4.69, 9.17) is 0 Å². The van der Waals surface area contributed by atoms with Gasteiger partial charge in [-0.05, 0) is 37.6 Å². The fourth-order valence-electron chi connectivity index (χ4n) is 3.19. The maximum absolute atomic E-state index is 13.8. The predicted molar refractivity (Wildman–Crippen MR) is 78.8 cm³/mol. The van der Waals surface area contributed by atoms with Crippen molar-refractivity contribution < 1.29 is 9.18 Å². The van der Waals surface area contributed by atoms with Gasteiger partial charge in [0.25, 0.3) is 5.91 Å². The van der Waals surface area contributed by atoms with Crippen molar-refractivity contribution in [2.45, 2.75) is 30.2 Å². The van der Waals surface area contributed by atoms with Crippen molar-refractivity contribution in [2.24, 2.45) is 0 Å². The second-order valence-corrected chi connectivity index (χ2v) is 6.12. The zero-order valence-electron chi connectivity index (χ0n) is 11.4. The standard InChI is InChI=1S/C15H19FN2OS/c16-14-5-4-12(20)9-13(14)15(19)18-8-7-17-6-2-1-3-11(17)10-18/h4-5,9,11,20H,1-3,6-8,10H2. The molecule has 2 saturated heterocycles. The van der Waals surface area contributed by atoms with Crippen LogP contribution < -0.4 is 0 Å². The molecule has 2 fully saturated rings. The van der Waals surface area contributed by atoms with Gasteiger partial charge in [0.2, 0.25) is 0 Å². The third-order valence-corrected chi connectivity index (χ3v) is 4.58. The number of piperidine rings is 1. The summed E-state index contributed by atoms with van der Waals surface area (Å²) in [6, 6.07) is 4.85. The van der Waals surface area contributed by atoms with Crippen molar-refractivity contribution in [2.75, 3.05) is 26.2 Å². The van der Waals surface area contributed by atoms with E-state index in [1.165, 1.54) is 25.0 Å². The number of hydrogen-bond donors (Lipinski definition) is 1. The number of rotatable bonds is 1. The molecule has 1 unspecified atom stereocenters. The lowest BCUT2D eigenvalue weighted by Crippen LogP contribution is -2.56. The fourth-order valence-corrected chi connectivity index (χ4v) is 3.39. The van der Waals surface area contributed by atoms with E-state index in [9.17, 15) is 9.18 Å². The summed E-state index contributed by atoms with van der Waals surface area (Å²) in [6.45, 7) is 3.44. The van der Waals surface area contributed by atoms with Gasteiger partial charge < -0.3 is 4.90 Å². The zero-order chi connectivity index (χ0) is 14.1. The van der Waals surface area contributed by atoms with Crippen LogP contribution in [0.25, 0.3) is 0 Å². The van der Waals surface area contributed by atoms with Gasteiger partial charge in [-0.25, -0.2) is 4.39 Å². The maximum atomic E-state index is 13.8. The molecule has 3 nitrogen and oxygen atoms in total. The maximum Gasteiger partial charge on any atom is 0.256 e. The van der Waals surface area contributed by atoms with Gasteiger partial charge in [0.1, 0.15) is 5.82 Å². The molecule has 0 radical (unpaired) electrons. The molecule has 2 aliphatic rings. The summed E-state index contributed by atoms with van der Waals surface area (Å²) in [5.74, 6) is -0.664. The molecule has 20 heavy (non-hydrogen) atoms. The number of halogens is 1. The normalized spacial score (nSPS) is 23.5. The summed E-state index contributed by atoms with van der Waals surface area (Å²) in [5.41, 5.74) is 0.141. The van der Waals surface area contributed by atoms with Gasteiger partial charge in [0, 0.05) is 30.6 Å². The van der Waals surface area contributed by atoms with Crippen molar-refractivity contribution in [3.05, 3.63) is 29.6 Å². The highest BCUT2D eigenvalue weighted by Crippen LogP contribution is 2.23. The summed E-state index contributed by atoms with van der Waals surface area (Å²) in [4.78, 5) is 17.3. The van der Waals surface area contributed by atoms with Gasteiger partial charge in [-0.2, -0.15) is 0 Å². The Morgan fingerprint density at radius 2 is 2.10 bits per heavy atom. The Kier molecular flexibility index (Phi) is 3.98. The van der Waals surface area contributed by atoms with E-state index in [-0.39, 0.29) is 11.5 Å². The zero-order valence-corrected chi connectivity index (χ0v) is 12.3. The molecule has 0 saturated carbocycles. The summed E-state index contributed by atoms with van der Waals surface area (Å²) < 4.78 is 13.8. The minimum absolute atomic E-state index is 0.141. The lowest BCUT2D eigenvalue weighted by Gasteiger charge is -2.44. The Balaban J connectivity index is 1.76. The Hall–Kier alpha value is -1.07. The molecule has 3 rings (SSSR count). The first kappa shape index (κ1) is 13.9. The SMILES string of the molecule is O=C(c1cc(S)ccc1F)N1CCN2CCCCC2C1. The number of amides is 1. The largest absolute Gasteiger partial charge is 0.336 e. The second-order valence-electron chi connectivity index (χ2n) is 5.60. The molecular formula is C15H19FN2OS. The van der Waals surface area contributed by atoms with Crippen LogP contribution in [0.1, 0.15) is 29.6 Å². The van der Waals surface area contributed by atoms with Gasteiger partial charge in [-0.1, -0.05) is 6.42 Å². The molecule has 1 aromatic carbocycles. The third kappa shape index (κ3) is 2.69. The molecule has 0 aliphatic carbocycles. The molecule has 5 heteroatoms. The average molecular weight is 294 g/mol. The summed E-state index contributed by atoms with van der Waals surface area (Å²) >= 11 is 4.19. The highest BCUT2D eigenvalue weighted by molar-refractivity contribution is 7.80. The highest BCUT2D eigenvalue weighted by atomic mass is 32.1. The number of piperazine rings is 1. The molecule has 0 aromatic heterocycles. The van der Waals surface area contributed by atoms with Crippen LogP contribution in [0, 0.1) is 5.82 Å². The first-order valence-electron chi connectivity index (χ1n) is 7.17. The van der Waals surface area contributed by atoms with Gasteiger partial charge in [0.05, 0.1) is 5.56 Å². The van der Waals surface area contributed by atoms with Crippen molar-refractivity contribution in [1.29, 1.82) is 0 Å². The summed E-state index contributed by atoms with van der Waals surface area (Å²) in [5, 5.41) is 0. The lowest BCUT2D eigenvalue weighted by atomic mass is 9.99. The number of benzene rings is 1. The van der Waals surface area contributed by atoms with Crippen LogP contribution in [0.15, 0.2) is 23.1 Å². The minimum atomic E-state index is -0.459. The summed E-state index contributed by atoms with van der Waals surface area (Å²) in [6.07, 6.45) is 3.61. The van der Waals surface area contributed by atoms with Gasteiger partial charge >= 0.3 is 0 Å². The van der Waals surface area contributed by atoms with Crippen LogP contribution in [0.3, 0.4) is 0 Å². The van der Waals surface area contributed by atoms with E-state index in [2.05, 4.69) is 17.5 Å². The first-order valence-corrected chi connectivity index (χ1v) is 7.62. The van der Waals surface area contributed by atoms with Gasteiger partial charge in [-0.15, -0.1) is 12.6 Å².